The Morgan fingerprint density at radius 3 is 2.48 bits per heavy atom. The lowest BCUT2D eigenvalue weighted by atomic mass is 9.82. The monoisotopic (exact) mass is 779 g/mol. The summed E-state index contributed by atoms with van der Waals surface area (Å²) in [5, 5.41) is 62.1. The number of halogens is 1. The van der Waals surface area contributed by atoms with E-state index in [1.54, 1.807) is 18.2 Å². The number of carboxylic acid groups (broad SMARTS) is 1. The van der Waals surface area contributed by atoms with Crippen LogP contribution in [0.3, 0.4) is 0 Å². The highest BCUT2D eigenvalue weighted by atomic mass is 79.9. The van der Waals surface area contributed by atoms with Gasteiger partial charge in [0.25, 0.3) is 0 Å². The zero-order valence-corrected chi connectivity index (χ0v) is 31.1. The number of rotatable bonds is 13. The Hall–Kier alpha value is -4.34. The summed E-state index contributed by atoms with van der Waals surface area (Å²) >= 11 is 3.56. The molecule has 0 radical (unpaired) electrons. The number of benzene rings is 3. The van der Waals surface area contributed by atoms with E-state index >= 15 is 0 Å². The minimum atomic E-state index is -1.30. The molecule has 0 saturated heterocycles. The number of para-hydroxylation sites is 1. The number of β-amino-alcohol motifs (C(OH)–C–C–N with tert-alkyl or cyclic N) is 1. The van der Waals surface area contributed by atoms with Crippen LogP contribution in [0.5, 0.6) is 5.75 Å². The number of carboxylic acids is 1. The van der Waals surface area contributed by atoms with Crippen molar-refractivity contribution in [1.82, 2.24) is 10.6 Å². The van der Waals surface area contributed by atoms with E-state index in [0.29, 0.717) is 39.5 Å². The lowest BCUT2D eigenvalue weighted by Gasteiger charge is -2.30. The van der Waals surface area contributed by atoms with Gasteiger partial charge < -0.3 is 46.2 Å². The molecule has 2 heterocycles. The molecule has 1 amide bonds. The fraction of sp³-hybridized carbons (Fsp3) is 0.421. The average Bonchev–Trinajstić information content (AvgIpc) is 3.47. The van der Waals surface area contributed by atoms with Gasteiger partial charge in [0.15, 0.2) is 5.96 Å². The zero-order valence-electron chi connectivity index (χ0n) is 29.5. The molecular weight excluding hydrogens is 734 g/mol. The number of phenols is 1. The second kappa shape index (κ2) is 16.6. The van der Waals surface area contributed by atoms with E-state index in [1.807, 2.05) is 51.1 Å². The largest absolute Gasteiger partial charge is 0.508 e. The number of aromatic hydroxyl groups is 1. The van der Waals surface area contributed by atoms with E-state index in [9.17, 15) is 35.1 Å². The van der Waals surface area contributed by atoms with Crippen LogP contribution >= 0.6 is 15.9 Å². The van der Waals surface area contributed by atoms with Gasteiger partial charge >= 0.3 is 5.97 Å². The summed E-state index contributed by atoms with van der Waals surface area (Å²) in [6.07, 6.45) is -4.19. The minimum absolute atomic E-state index is 0.0382. The molecule has 6 unspecified atom stereocenters. The van der Waals surface area contributed by atoms with Crippen molar-refractivity contribution >= 4 is 50.9 Å². The van der Waals surface area contributed by atoms with Gasteiger partial charge in [-0.05, 0) is 65.3 Å². The summed E-state index contributed by atoms with van der Waals surface area (Å²) in [4.78, 5) is 35.4. The van der Waals surface area contributed by atoms with Crippen molar-refractivity contribution < 1.29 is 39.9 Å². The number of anilines is 1. The molecule has 8 N–H and O–H groups in total. The lowest BCUT2D eigenvalue weighted by Crippen LogP contribution is -2.42. The lowest BCUT2D eigenvalue weighted by molar-refractivity contribution is -0.144. The minimum Gasteiger partial charge on any atom is -0.508 e. The third-order valence-electron chi connectivity index (χ3n) is 9.17. The second-order valence-electron chi connectivity index (χ2n) is 14.2. The second-order valence-corrected chi connectivity index (χ2v) is 15.1. The number of amides is 1. The summed E-state index contributed by atoms with van der Waals surface area (Å²) in [5.41, 5.74) is 3.62. The van der Waals surface area contributed by atoms with E-state index in [-0.39, 0.29) is 42.7 Å². The van der Waals surface area contributed by atoms with E-state index in [2.05, 4.69) is 41.9 Å². The molecule has 2 aliphatic heterocycles. The molecule has 3 aromatic carbocycles. The maximum Gasteiger partial charge on any atom is 0.309 e. The van der Waals surface area contributed by atoms with Gasteiger partial charge in [0, 0.05) is 41.9 Å². The molecule has 278 valence electrons. The molecule has 14 heteroatoms. The smallest absolute Gasteiger partial charge is 0.309 e. The Bertz CT molecular complexity index is 1840. The molecule has 52 heavy (non-hydrogen) atoms. The Morgan fingerprint density at radius 1 is 1.06 bits per heavy atom. The number of nitrogens with one attached hydrogen (secondary N) is 3. The van der Waals surface area contributed by atoms with Crippen LogP contribution in [0.15, 0.2) is 75.1 Å². The normalized spacial score (nSPS) is 19.3. The molecule has 3 aromatic rings. The molecule has 6 atom stereocenters. The van der Waals surface area contributed by atoms with Gasteiger partial charge in [-0.1, -0.05) is 61.0 Å². The highest BCUT2D eigenvalue weighted by molar-refractivity contribution is 9.10. The predicted octanol–water partition coefficient (Wildman–Crippen LogP) is 4.78. The standard InChI is InChI=1S/C38H46BrN5O8/c1-38(2,3)22-11-21(12-23(39)15-22)33(28(36(50)51)17-31(48)34-35(52-4)27-7-5-6-8-29(27)43-34)44-32(49)10-9-30(47)20-13-24(16-25(45)14-20)42-37-40-18-26(46)19-41-37/h5-8,11-16,26,28,30-31,33,35,45-48H,9-10,17-19H2,1-4H3,(H,44,49)(H,50,51)(H2,40,41,42). The van der Waals surface area contributed by atoms with Crippen LogP contribution < -0.4 is 16.0 Å². The van der Waals surface area contributed by atoms with Gasteiger partial charge in [0.1, 0.15) is 11.9 Å². The van der Waals surface area contributed by atoms with Crippen LogP contribution in [-0.2, 0) is 19.7 Å². The maximum absolute atomic E-state index is 13.6. The van der Waals surface area contributed by atoms with E-state index in [0.717, 1.165) is 11.1 Å². The average molecular weight is 781 g/mol. The Labute approximate surface area is 311 Å². The van der Waals surface area contributed by atoms with Gasteiger partial charge in [0.2, 0.25) is 5.91 Å². The van der Waals surface area contributed by atoms with Crippen LogP contribution in [0.1, 0.15) is 80.5 Å². The van der Waals surface area contributed by atoms with Crippen LogP contribution in [0, 0.1) is 5.92 Å². The molecule has 0 spiro atoms. The number of nitrogens with zero attached hydrogens (tertiary/aromatic N) is 2. The Kier molecular flexibility index (Phi) is 12.4. The van der Waals surface area contributed by atoms with Gasteiger partial charge in [-0.2, -0.15) is 0 Å². The van der Waals surface area contributed by atoms with Crippen molar-refractivity contribution in [3.05, 3.63) is 87.4 Å². The van der Waals surface area contributed by atoms with E-state index in [4.69, 9.17) is 4.74 Å². The molecular formula is C38H46BrN5O8. The van der Waals surface area contributed by atoms with Gasteiger partial charge in [-0.15, -0.1) is 0 Å². The summed E-state index contributed by atoms with van der Waals surface area (Å²) in [5.74, 6) is -2.73. The predicted molar refractivity (Wildman–Crippen MR) is 201 cm³/mol. The molecule has 13 nitrogen and oxygen atoms in total. The number of carbonyl (C=O) groups excluding carboxylic acids is 1. The van der Waals surface area contributed by atoms with Crippen molar-refractivity contribution in [1.29, 1.82) is 0 Å². The fourth-order valence-electron chi connectivity index (χ4n) is 6.38. The summed E-state index contributed by atoms with van der Waals surface area (Å²) in [7, 11) is 1.50. The molecule has 0 aromatic heterocycles. The highest BCUT2D eigenvalue weighted by Crippen LogP contribution is 2.39. The van der Waals surface area contributed by atoms with Gasteiger partial charge in [-0.25, -0.2) is 0 Å². The van der Waals surface area contributed by atoms with Gasteiger partial charge in [-0.3, -0.25) is 19.6 Å². The molecule has 2 aliphatic rings. The molecule has 0 bridgehead atoms. The quantitative estimate of drug-likeness (QED) is 0.119. The van der Waals surface area contributed by atoms with Gasteiger partial charge in [0.05, 0.1) is 48.2 Å². The van der Waals surface area contributed by atoms with E-state index in [1.165, 1.54) is 19.2 Å². The summed E-state index contributed by atoms with van der Waals surface area (Å²) in [6.45, 7) is 6.61. The SMILES string of the molecule is COC1C(C(O)CC(C(=O)O)C(NC(=O)CCC(O)c2cc(O)cc(NC3=NCC(O)CN3)c2)c2cc(Br)cc(C(C)(C)C)c2)=Nc2ccccc21. The number of guanidine groups is 1. The van der Waals surface area contributed by atoms with Crippen LogP contribution in [-0.4, -0.2) is 81.5 Å². The van der Waals surface area contributed by atoms with Crippen LogP contribution in [0.2, 0.25) is 0 Å². The number of ether oxygens (including phenoxy) is 1. The molecule has 0 saturated carbocycles. The first-order valence-corrected chi connectivity index (χ1v) is 17.9. The highest BCUT2D eigenvalue weighted by Gasteiger charge is 2.38. The first-order valence-electron chi connectivity index (χ1n) is 17.1. The number of hydrogen-bond acceptors (Lipinski definition) is 11. The number of aliphatic imine (C=N–C) groups is 2. The third kappa shape index (κ3) is 9.55. The summed E-state index contributed by atoms with van der Waals surface area (Å²) < 4.78 is 6.36. The number of carbonyl (C=O) groups is 2. The fourth-order valence-corrected chi connectivity index (χ4v) is 6.89. The van der Waals surface area contributed by atoms with Crippen LogP contribution in [0.25, 0.3) is 0 Å². The van der Waals surface area contributed by atoms with Crippen molar-refractivity contribution in [3.8, 4) is 5.75 Å². The number of phenolic OH excluding ortho intramolecular Hbond substituents is 1. The van der Waals surface area contributed by atoms with Crippen molar-refractivity contribution in [3.63, 3.8) is 0 Å². The zero-order chi connectivity index (χ0) is 37.7. The maximum atomic E-state index is 13.6. The number of aliphatic hydroxyl groups excluding tert-OH is 3. The number of methoxy groups -OCH3 is 1. The van der Waals surface area contributed by atoms with Crippen molar-refractivity contribution in [2.24, 2.45) is 15.9 Å². The first kappa shape index (κ1) is 38.9. The molecule has 0 aliphatic carbocycles. The number of hydrogen-bond donors (Lipinski definition) is 8. The number of aliphatic carboxylic acids is 1. The first-order chi connectivity index (χ1) is 24.6. The number of fused-ring (bicyclic) bond motifs is 1. The van der Waals surface area contributed by atoms with Crippen molar-refractivity contribution in [2.45, 2.75) is 75.9 Å². The van der Waals surface area contributed by atoms with E-state index < -0.39 is 48.3 Å². The van der Waals surface area contributed by atoms with Crippen LogP contribution in [0.4, 0.5) is 11.4 Å². The molecule has 5 rings (SSSR count). The Balaban J connectivity index is 1.36. The molecule has 0 fully saturated rings. The number of aliphatic hydroxyl groups is 3. The summed E-state index contributed by atoms with van der Waals surface area (Å²) in [6, 6.07) is 16.3. The third-order valence-corrected chi connectivity index (χ3v) is 9.63. The topological polar surface area (TPSA) is 205 Å². The van der Waals surface area contributed by atoms with Crippen molar-refractivity contribution in [2.75, 3.05) is 25.5 Å². The Morgan fingerprint density at radius 2 is 1.81 bits per heavy atom.